The maximum absolute atomic E-state index is 13.7. The van der Waals surface area contributed by atoms with Crippen LogP contribution in [0.25, 0.3) is 5.57 Å². The highest BCUT2D eigenvalue weighted by Gasteiger charge is 2.43. The highest BCUT2D eigenvalue weighted by Crippen LogP contribution is 2.38. The van der Waals surface area contributed by atoms with E-state index in [1.807, 2.05) is 13.0 Å². The summed E-state index contributed by atoms with van der Waals surface area (Å²) in [5, 5.41) is 0.587. The van der Waals surface area contributed by atoms with Gasteiger partial charge in [0, 0.05) is 24.2 Å². The number of carbonyl (C=O) groups excluding carboxylic acids is 2. The van der Waals surface area contributed by atoms with Crippen LogP contribution in [0.2, 0.25) is 5.02 Å². The molecule has 2 unspecified atom stereocenters. The third-order valence-electron chi connectivity index (χ3n) is 5.76. The van der Waals surface area contributed by atoms with Crippen molar-refractivity contribution >= 4 is 34.7 Å². The zero-order chi connectivity index (χ0) is 22.1. The summed E-state index contributed by atoms with van der Waals surface area (Å²) >= 11 is 6.08. The highest BCUT2D eigenvalue weighted by molar-refractivity contribution is 6.45. The average molecular weight is 439 g/mol. The molecular weight excluding hydrogens is 412 g/mol. The molecule has 4 rings (SSSR count). The molecule has 2 heterocycles. The standard InChI is InChI=1S/C25H27ClN2O3/c1-4-31-21-7-5-6-20(13-21)28-24(29)22(18-8-10-19(26)11-9-18)23(25(28)30)27-14-16(2)12-17(3)15-27/h5-11,13,16-17H,4,12,14-15H2,1-3H3. The van der Waals surface area contributed by atoms with Gasteiger partial charge in [0.15, 0.2) is 0 Å². The largest absolute Gasteiger partial charge is 0.494 e. The fourth-order valence-corrected chi connectivity index (χ4v) is 4.77. The van der Waals surface area contributed by atoms with Gasteiger partial charge in [0.05, 0.1) is 17.9 Å². The van der Waals surface area contributed by atoms with Gasteiger partial charge in [0.25, 0.3) is 11.8 Å². The van der Waals surface area contributed by atoms with E-state index >= 15 is 0 Å². The topological polar surface area (TPSA) is 49.9 Å². The molecule has 0 aliphatic carbocycles. The van der Waals surface area contributed by atoms with Gasteiger partial charge in [-0.2, -0.15) is 0 Å². The lowest BCUT2D eigenvalue weighted by Gasteiger charge is -2.37. The smallest absolute Gasteiger partial charge is 0.282 e. The van der Waals surface area contributed by atoms with Crippen LogP contribution in [0.4, 0.5) is 5.69 Å². The summed E-state index contributed by atoms with van der Waals surface area (Å²) in [6.45, 7) is 8.29. The molecule has 0 N–H and O–H groups in total. The Balaban J connectivity index is 1.80. The SMILES string of the molecule is CCOc1cccc(N2C(=O)C(c3ccc(Cl)cc3)=C(N3CC(C)CC(C)C3)C2=O)c1. The van der Waals surface area contributed by atoms with Crippen LogP contribution in [0.5, 0.6) is 5.75 Å². The fraction of sp³-hybridized carbons (Fsp3) is 0.360. The second-order valence-electron chi connectivity index (χ2n) is 8.46. The summed E-state index contributed by atoms with van der Waals surface area (Å²) in [5.74, 6) is 0.913. The molecule has 2 aromatic rings. The lowest BCUT2D eigenvalue weighted by Crippen LogP contribution is -2.42. The molecule has 31 heavy (non-hydrogen) atoms. The Kier molecular flexibility index (Phi) is 6.05. The highest BCUT2D eigenvalue weighted by atomic mass is 35.5. The van der Waals surface area contributed by atoms with Gasteiger partial charge in [-0.15, -0.1) is 0 Å². The predicted octanol–water partition coefficient (Wildman–Crippen LogP) is 5.00. The number of halogens is 1. The molecule has 0 spiro atoms. The molecular formula is C25H27ClN2O3. The number of carbonyl (C=O) groups is 2. The number of anilines is 1. The summed E-state index contributed by atoms with van der Waals surface area (Å²) in [7, 11) is 0. The van der Waals surface area contributed by atoms with Crippen LogP contribution in [0.15, 0.2) is 54.2 Å². The van der Waals surface area contributed by atoms with Crippen LogP contribution < -0.4 is 9.64 Å². The number of rotatable bonds is 5. The molecule has 0 saturated carbocycles. The molecule has 2 amide bonds. The lowest BCUT2D eigenvalue weighted by atomic mass is 9.91. The van der Waals surface area contributed by atoms with Gasteiger partial charge in [-0.05, 0) is 55.0 Å². The Morgan fingerprint density at radius 2 is 1.68 bits per heavy atom. The van der Waals surface area contributed by atoms with Crippen molar-refractivity contribution < 1.29 is 14.3 Å². The van der Waals surface area contributed by atoms with E-state index in [0.29, 0.717) is 51.7 Å². The number of amides is 2. The van der Waals surface area contributed by atoms with Crippen molar-refractivity contribution in [3.05, 3.63) is 64.8 Å². The van der Waals surface area contributed by atoms with E-state index < -0.39 is 0 Å². The van der Waals surface area contributed by atoms with Gasteiger partial charge in [0.2, 0.25) is 0 Å². The maximum atomic E-state index is 13.7. The van der Waals surface area contributed by atoms with Crippen molar-refractivity contribution in [2.45, 2.75) is 27.2 Å². The van der Waals surface area contributed by atoms with Crippen molar-refractivity contribution in [3.63, 3.8) is 0 Å². The van der Waals surface area contributed by atoms with Crippen LogP contribution in [0.1, 0.15) is 32.8 Å². The summed E-state index contributed by atoms with van der Waals surface area (Å²) in [5.41, 5.74) is 2.13. The first-order valence-corrected chi connectivity index (χ1v) is 11.1. The van der Waals surface area contributed by atoms with E-state index in [0.717, 1.165) is 19.5 Å². The van der Waals surface area contributed by atoms with Gasteiger partial charge < -0.3 is 9.64 Å². The molecule has 2 atom stereocenters. The minimum atomic E-state index is -0.318. The van der Waals surface area contributed by atoms with Gasteiger partial charge in [-0.3, -0.25) is 9.59 Å². The predicted molar refractivity (Wildman–Crippen MR) is 123 cm³/mol. The summed E-state index contributed by atoms with van der Waals surface area (Å²) < 4.78 is 5.58. The number of hydrogen-bond acceptors (Lipinski definition) is 4. The minimum absolute atomic E-state index is 0.287. The minimum Gasteiger partial charge on any atom is -0.494 e. The number of ether oxygens (including phenoxy) is 1. The van der Waals surface area contributed by atoms with Gasteiger partial charge in [0.1, 0.15) is 11.4 Å². The normalized spacial score (nSPS) is 21.8. The lowest BCUT2D eigenvalue weighted by molar-refractivity contribution is -0.120. The second kappa shape index (κ2) is 8.75. The molecule has 2 aliphatic rings. The van der Waals surface area contributed by atoms with Crippen LogP contribution in [0, 0.1) is 11.8 Å². The maximum Gasteiger partial charge on any atom is 0.282 e. The number of imide groups is 1. The summed E-state index contributed by atoms with van der Waals surface area (Å²) in [4.78, 5) is 30.7. The van der Waals surface area contributed by atoms with Crippen molar-refractivity contribution in [1.29, 1.82) is 0 Å². The second-order valence-corrected chi connectivity index (χ2v) is 8.89. The fourth-order valence-electron chi connectivity index (χ4n) is 4.65. The number of nitrogens with zero attached hydrogens (tertiary/aromatic N) is 2. The summed E-state index contributed by atoms with van der Waals surface area (Å²) in [6.07, 6.45) is 1.11. The number of hydrogen-bond donors (Lipinski definition) is 0. The first-order chi connectivity index (χ1) is 14.9. The number of piperidine rings is 1. The average Bonchev–Trinajstić information content (AvgIpc) is 2.98. The van der Waals surface area contributed by atoms with Crippen molar-refractivity contribution in [2.24, 2.45) is 11.8 Å². The molecule has 1 saturated heterocycles. The Morgan fingerprint density at radius 1 is 1.00 bits per heavy atom. The van der Waals surface area contributed by atoms with E-state index in [2.05, 4.69) is 18.7 Å². The Hall–Kier alpha value is -2.79. The molecule has 0 radical (unpaired) electrons. The monoisotopic (exact) mass is 438 g/mol. The van der Waals surface area contributed by atoms with E-state index in [1.54, 1.807) is 42.5 Å². The first-order valence-electron chi connectivity index (χ1n) is 10.8. The Labute approximate surface area is 188 Å². The Morgan fingerprint density at radius 3 is 2.32 bits per heavy atom. The zero-order valence-corrected chi connectivity index (χ0v) is 18.9. The molecule has 162 valence electrons. The Bertz CT molecular complexity index is 1020. The van der Waals surface area contributed by atoms with E-state index in [9.17, 15) is 9.59 Å². The van der Waals surface area contributed by atoms with Crippen LogP contribution in [-0.2, 0) is 9.59 Å². The number of benzene rings is 2. The van der Waals surface area contributed by atoms with Crippen molar-refractivity contribution in [1.82, 2.24) is 4.90 Å². The quantitative estimate of drug-likeness (QED) is 0.616. The molecule has 2 aliphatic heterocycles. The van der Waals surface area contributed by atoms with Gasteiger partial charge in [-0.25, -0.2) is 4.90 Å². The number of likely N-dealkylation sites (tertiary alicyclic amines) is 1. The van der Waals surface area contributed by atoms with E-state index in [-0.39, 0.29) is 11.8 Å². The van der Waals surface area contributed by atoms with Crippen LogP contribution in [0.3, 0.4) is 0 Å². The zero-order valence-electron chi connectivity index (χ0n) is 18.1. The van der Waals surface area contributed by atoms with E-state index in [1.165, 1.54) is 4.90 Å². The molecule has 1 fully saturated rings. The van der Waals surface area contributed by atoms with Crippen molar-refractivity contribution in [3.8, 4) is 5.75 Å². The first kappa shape index (κ1) is 21.4. The molecule has 2 aromatic carbocycles. The van der Waals surface area contributed by atoms with E-state index in [4.69, 9.17) is 16.3 Å². The molecule has 0 bridgehead atoms. The van der Waals surface area contributed by atoms with Gasteiger partial charge >= 0.3 is 0 Å². The van der Waals surface area contributed by atoms with Crippen LogP contribution >= 0.6 is 11.6 Å². The van der Waals surface area contributed by atoms with Gasteiger partial charge in [-0.1, -0.05) is 43.6 Å². The molecule has 5 nitrogen and oxygen atoms in total. The summed E-state index contributed by atoms with van der Waals surface area (Å²) in [6, 6.07) is 14.2. The van der Waals surface area contributed by atoms with Crippen molar-refractivity contribution in [2.75, 3.05) is 24.6 Å². The molecule has 0 aromatic heterocycles. The van der Waals surface area contributed by atoms with Crippen LogP contribution in [-0.4, -0.2) is 36.4 Å². The third-order valence-corrected chi connectivity index (χ3v) is 6.02. The third kappa shape index (κ3) is 4.19. The molecule has 6 heteroatoms.